The molecule has 2 N–H and O–H groups in total. The number of rotatable bonds is 7. The van der Waals surface area contributed by atoms with Crippen molar-refractivity contribution in [1.29, 1.82) is 0 Å². The van der Waals surface area contributed by atoms with E-state index in [1.165, 1.54) is 0 Å². The first-order valence-corrected chi connectivity index (χ1v) is 4.36. The third kappa shape index (κ3) is 5.64. The molecule has 0 rings (SSSR count). The molecule has 0 aromatic rings. The molecule has 0 atom stereocenters. The lowest BCUT2D eigenvalue weighted by molar-refractivity contribution is -0.140. The van der Waals surface area contributed by atoms with Crippen LogP contribution in [0, 0.1) is 0 Å². The normalized spacial score (nSPS) is 9.40. The summed E-state index contributed by atoms with van der Waals surface area (Å²) in [5.74, 6) is -1.73. The summed E-state index contributed by atoms with van der Waals surface area (Å²) in [7, 11) is 0. The van der Waals surface area contributed by atoms with Crippen molar-refractivity contribution in [3.63, 3.8) is 0 Å². The smallest absolute Gasteiger partial charge is 0.333 e. The molecular weight excluding hydrogens is 200 g/mol. The van der Waals surface area contributed by atoms with Gasteiger partial charge in [0.2, 0.25) is 0 Å². The van der Waals surface area contributed by atoms with Crippen LogP contribution < -0.4 is 0 Å². The van der Waals surface area contributed by atoms with Crippen LogP contribution in [0.25, 0.3) is 0 Å². The standard InChI is InChI=1S/C10H14O5/c1-7(9(12)13)4-6-15-10(14)8(2)3-5-11/h11H,1-6H2,(H,12,13). The van der Waals surface area contributed by atoms with Gasteiger partial charge in [-0.15, -0.1) is 0 Å². The summed E-state index contributed by atoms with van der Waals surface area (Å²) in [6, 6.07) is 0. The predicted octanol–water partition coefficient (Wildman–Crippen LogP) is 0.499. The van der Waals surface area contributed by atoms with E-state index in [1.54, 1.807) is 0 Å². The molecule has 84 valence electrons. The molecule has 0 unspecified atom stereocenters. The Balaban J connectivity index is 3.77. The zero-order valence-corrected chi connectivity index (χ0v) is 8.36. The summed E-state index contributed by atoms with van der Waals surface area (Å²) in [4.78, 5) is 21.4. The SMILES string of the molecule is C=C(CCOC(=O)C(=C)CCO)C(=O)O. The lowest BCUT2D eigenvalue weighted by Crippen LogP contribution is -2.11. The van der Waals surface area contributed by atoms with E-state index in [1.807, 2.05) is 0 Å². The quantitative estimate of drug-likeness (QED) is 0.476. The fourth-order valence-corrected chi connectivity index (χ4v) is 0.713. The van der Waals surface area contributed by atoms with Gasteiger partial charge in [-0.3, -0.25) is 0 Å². The molecule has 0 fully saturated rings. The number of esters is 1. The third-order valence-corrected chi connectivity index (χ3v) is 1.64. The molecule has 0 saturated heterocycles. The van der Waals surface area contributed by atoms with Gasteiger partial charge in [-0.05, 0) is 0 Å². The summed E-state index contributed by atoms with van der Waals surface area (Å²) < 4.78 is 4.70. The molecule has 15 heavy (non-hydrogen) atoms. The first-order chi connectivity index (χ1) is 6.99. The van der Waals surface area contributed by atoms with Gasteiger partial charge < -0.3 is 14.9 Å². The van der Waals surface area contributed by atoms with Gasteiger partial charge in [0.05, 0.1) is 6.61 Å². The number of ether oxygens (including phenoxy) is 1. The highest BCUT2D eigenvalue weighted by molar-refractivity contribution is 5.88. The molecule has 5 heteroatoms. The van der Waals surface area contributed by atoms with E-state index in [-0.39, 0.29) is 37.2 Å². The van der Waals surface area contributed by atoms with Crippen LogP contribution >= 0.6 is 0 Å². The summed E-state index contributed by atoms with van der Waals surface area (Å²) in [6.07, 6.45) is 0.228. The second-order valence-electron chi connectivity index (χ2n) is 2.87. The second kappa shape index (κ2) is 6.78. The lowest BCUT2D eigenvalue weighted by atomic mass is 10.2. The molecule has 0 aromatic heterocycles. The van der Waals surface area contributed by atoms with Crippen LogP contribution in [0.15, 0.2) is 24.3 Å². The van der Waals surface area contributed by atoms with E-state index in [2.05, 4.69) is 13.2 Å². The number of carboxylic acids is 1. The maximum absolute atomic E-state index is 11.1. The molecule has 0 amide bonds. The number of hydrogen-bond acceptors (Lipinski definition) is 4. The van der Waals surface area contributed by atoms with E-state index < -0.39 is 11.9 Å². The van der Waals surface area contributed by atoms with Crippen molar-refractivity contribution in [2.75, 3.05) is 13.2 Å². The number of carboxylic acid groups (broad SMARTS) is 1. The van der Waals surface area contributed by atoms with E-state index >= 15 is 0 Å². The first-order valence-electron chi connectivity index (χ1n) is 4.36. The molecule has 5 nitrogen and oxygen atoms in total. The number of aliphatic hydroxyl groups excluding tert-OH is 1. The van der Waals surface area contributed by atoms with Crippen LogP contribution in [0.2, 0.25) is 0 Å². The third-order valence-electron chi connectivity index (χ3n) is 1.64. The van der Waals surface area contributed by atoms with Gasteiger partial charge in [-0.1, -0.05) is 13.2 Å². The van der Waals surface area contributed by atoms with Crippen molar-refractivity contribution < 1.29 is 24.5 Å². The molecule has 0 aliphatic carbocycles. The molecule has 0 aliphatic heterocycles. The molecule has 0 radical (unpaired) electrons. The summed E-state index contributed by atoms with van der Waals surface area (Å²) in [5, 5.41) is 17.0. The molecule has 0 heterocycles. The van der Waals surface area contributed by atoms with E-state index in [0.717, 1.165) is 0 Å². The monoisotopic (exact) mass is 214 g/mol. The Morgan fingerprint density at radius 2 is 1.73 bits per heavy atom. The molecule has 0 bridgehead atoms. The largest absolute Gasteiger partial charge is 0.478 e. The van der Waals surface area contributed by atoms with Crippen molar-refractivity contribution >= 4 is 11.9 Å². The zero-order valence-electron chi connectivity index (χ0n) is 8.36. The molecule has 0 aliphatic rings. The number of carbonyl (C=O) groups is 2. The Hall–Kier alpha value is -1.62. The maximum Gasteiger partial charge on any atom is 0.333 e. The number of aliphatic carboxylic acids is 1. The van der Waals surface area contributed by atoms with Crippen LogP contribution in [0.4, 0.5) is 0 Å². The van der Waals surface area contributed by atoms with Crippen LogP contribution in [-0.2, 0) is 14.3 Å². The fraction of sp³-hybridized carbons (Fsp3) is 0.400. The maximum atomic E-state index is 11.1. The van der Waals surface area contributed by atoms with E-state index in [0.29, 0.717) is 0 Å². The van der Waals surface area contributed by atoms with Gasteiger partial charge in [0.1, 0.15) is 0 Å². The average Bonchev–Trinajstić information content (AvgIpc) is 2.17. The lowest BCUT2D eigenvalue weighted by Gasteiger charge is -2.05. The number of aliphatic hydroxyl groups is 1. The highest BCUT2D eigenvalue weighted by Gasteiger charge is 2.09. The first kappa shape index (κ1) is 13.4. The summed E-state index contributed by atoms with van der Waals surface area (Å²) >= 11 is 0. The van der Waals surface area contributed by atoms with Gasteiger partial charge in [-0.2, -0.15) is 0 Å². The van der Waals surface area contributed by atoms with Gasteiger partial charge in [0, 0.05) is 30.6 Å². The highest BCUT2D eigenvalue weighted by atomic mass is 16.5. The predicted molar refractivity (Wildman–Crippen MR) is 53.2 cm³/mol. The van der Waals surface area contributed by atoms with E-state index in [4.69, 9.17) is 14.9 Å². The van der Waals surface area contributed by atoms with Gasteiger partial charge >= 0.3 is 11.9 Å². The minimum Gasteiger partial charge on any atom is -0.478 e. The highest BCUT2D eigenvalue weighted by Crippen LogP contribution is 2.03. The van der Waals surface area contributed by atoms with Crippen LogP contribution in [0.3, 0.4) is 0 Å². The summed E-state index contributed by atoms with van der Waals surface area (Å²) in [5.41, 5.74) is 0.147. The van der Waals surface area contributed by atoms with Crippen molar-refractivity contribution in [3.8, 4) is 0 Å². The Morgan fingerprint density at radius 1 is 1.13 bits per heavy atom. The van der Waals surface area contributed by atoms with Crippen LogP contribution in [0.1, 0.15) is 12.8 Å². The van der Waals surface area contributed by atoms with Gasteiger partial charge in [0.25, 0.3) is 0 Å². The molecule has 0 saturated carbocycles. The molecule has 0 spiro atoms. The minimum atomic E-state index is -1.11. The average molecular weight is 214 g/mol. The van der Waals surface area contributed by atoms with Crippen molar-refractivity contribution in [1.82, 2.24) is 0 Å². The zero-order chi connectivity index (χ0) is 11.8. The van der Waals surface area contributed by atoms with Gasteiger partial charge in [0.15, 0.2) is 0 Å². The molecular formula is C10H14O5. The summed E-state index contributed by atoms with van der Waals surface area (Å²) in [6.45, 7) is 6.46. The Bertz CT molecular complexity index is 280. The van der Waals surface area contributed by atoms with Crippen molar-refractivity contribution in [3.05, 3.63) is 24.3 Å². The number of hydrogen-bond donors (Lipinski definition) is 2. The number of carbonyl (C=O) groups excluding carboxylic acids is 1. The fourth-order valence-electron chi connectivity index (χ4n) is 0.713. The minimum absolute atomic E-state index is 0.0180. The van der Waals surface area contributed by atoms with E-state index in [9.17, 15) is 9.59 Å². The molecule has 0 aromatic carbocycles. The van der Waals surface area contributed by atoms with Crippen molar-refractivity contribution in [2.45, 2.75) is 12.8 Å². The Morgan fingerprint density at radius 3 is 2.20 bits per heavy atom. The van der Waals surface area contributed by atoms with Crippen molar-refractivity contribution in [2.24, 2.45) is 0 Å². The Kier molecular flexibility index (Phi) is 6.05. The second-order valence-corrected chi connectivity index (χ2v) is 2.87. The van der Waals surface area contributed by atoms with Gasteiger partial charge in [-0.25, -0.2) is 9.59 Å². The van der Waals surface area contributed by atoms with Crippen LogP contribution in [-0.4, -0.2) is 35.4 Å². The van der Waals surface area contributed by atoms with Crippen LogP contribution in [0.5, 0.6) is 0 Å². The Labute approximate surface area is 87.7 Å². The topological polar surface area (TPSA) is 83.8 Å².